The number of carbonyl (C=O) groups excluding carboxylic acids is 1. The highest BCUT2D eigenvalue weighted by molar-refractivity contribution is 5.99. The van der Waals surface area contributed by atoms with Crippen molar-refractivity contribution in [2.75, 3.05) is 6.61 Å². The second kappa shape index (κ2) is 4.71. The number of ketones is 1. The van der Waals surface area contributed by atoms with Crippen molar-refractivity contribution in [3.8, 4) is 17.6 Å². The zero-order valence-corrected chi connectivity index (χ0v) is 9.03. The standard InChI is InChI=1S/C13H10O4/c14-11-6-7-17-12-8-9(4-5-10(11)12)2-1-3-13(15)16/h4-5,8H,3,6-7H2,(H,15,16). The van der Waals surface area contributed by atoms with Crippen LogP contribution in [0.1, 0.15) is 28.8 Å². The Balaban J connectivity index is 2.23. The average Bonchev–Trinajstić information content (AvgIpc) is 2.29. The van der Waals surface area contributed by atoms with E-state index in [0.717, 1.165) is 0 Å². The highest BCUT2D eigenvalue weighted by Crippen LogP contribution is 2.25. The number of hydrogen-bond donors (Lipinski definition) is 1. The van der Waals surface area contributed by atoms with E-state index in [1.807, 2.05) is 0 Å². The highest BCUT2D eigenvalue weighted by atomic mass is 16.5. The largest absolute Gasteiger partial charge is 0.492 e. The van der Waals surface area contributed by atoms with Crippen LogP contribution >= 0.6 is 0 Å². The molecule has 0 saturated heterocycles. The fraction of sp³-hybridized carbons (Fsp3) is 0.231. The lowest BCUT2D eigenvalue weighted by Crippen LogP contribution is -2.15. The third-order valence-electron chi connectivity index (χ3n) is 2.34. The predicted octanol–water partition coefficient (Wildman–Crippen LogP) is 1.48. The monoisotopic (exact) mass is 230 g/mol. The second-order valence-corrected chi connectivity index (χ2v) is 3.60. The Morgan fingerprint density at radius 1 is 1.47 bits per heavy atom. The highest BCUT2D eigenvalue weighted by Gasteiger charge is 2.17. The number of aliphatic carboxylic acids is 1. The van der Waals surface area contributed by atoms with Gasteiger partial charge in [-0.25, -0.2) is 0 Å². The first-order valence-corrected chi connectivity index (χ1v) is 5.17. The van der Waals surface area contributed by atoms with Gasteiger partial charge in [0, 0.05) is 12.0 Å². The van der Waals surface area contributed by atoms with Crippen LogP contribution in [0.25, 0.3) is 0 Å². The maximum Gasteiger partial charge on any atom is 0.315 e. The van der Waals surface area contributed by atoms with Crippen LogP contribution in [-0.4, -0.2) is 23.5 Å². The number of carbonyl (C=O) groups is 2. The van der Waals surface area contributed by atoms with E-state index in [0.29, 0.717) is 29.9 Å². The minimum Gasteiger partial charge on any atom is -0.492 e. The number of ether oxygens (including phenoxy) is 1. The molecule has 1 aliphatic heterocycles. The van der Waals surface area contributed by atoms with Crippen molar-refractivity contribution >= 4 is 11.8 Å². The molecule has 0 unspecified atom stereocenters. The summed E-state index contributed by atoms with van der Waals surface area (Å²) in [6, 6.07) is 5.03. The first-order chi connectivity index (χ1) is 8.16. The fourth-order valence-electron chi connectivity index (χ4n) is 1.56. The van der Waals surface area contributed by atoms with Gasteiger partial charge in [-0.2, -0.15) is 0 Å². The summed E-state index contributed by atoms with van der Waals surface area (Å²) in [5.74, 6) is 4.89. The quantitative estimate of drug-likeness (QED) is 0.742. The molecule has 4 heteroatoms. The molecule has 0 fully saturated rings. The first kappa shape index (κ1) is 11.2. The molecule has 0 aromatic heterocycles. The van der Waals surface area contributed by atoms with E-state index in [9.17, 15) is 9.59 Å². The van der Waals surface area contributed by atoms with Crippen LogP contribution in [0.5, 0.6) is 5.75 Å². The number of hydrogen-bond acceptors (Lipinski definition) is 3. The van der Waals surface area contributed by atoms with E-state index in [1.165, 1.54) is 0 Å². The fourth-order valence-corrected chi connectivity index (χ4v) is 1.56. The molecule has 1 N–H and O–H groups in total. The Bertz CT molecular complexity index is 534. The van der Waals surface area contributed by atoms with Crippen molar-refractivity contribution in [2.45, 2.75) is 12.8 Å². The molecule has 1 aliphatic rings. The predicted molar refractivity (Wildman–Crippen MR) is 60.0 cm³/mol. The Morgan fingerprint density at radius 3 is 3.06 bits per heavy atom. The van der Waals surface area contributed by atoms with Crippen molar-refractivity contribution in [3.63, 3.8) is 0 Å². The number of Topliss-reactive ketones (excluding diaryl/α,β-unsaturated/α-hetero) is 1. The lowest BCUT2D eigenvalue weighted by atomic mass is 10.0. The van der Waals surface area contributed by atoms with Gasteiger partial charge in [-0.05, 0) is 18.2 Å². The van der Waals surface area contributed by atoms with Crippen LogP contribution in [0.15, 0.2) is 18.2 Å². The molecule has 0 amide bonds. The molecule has 0 saturated carbocycles. The van der Waals surface area contributed by atoms with Crippen LogP contribution in [0.2, 0.25) is 0 Å². The van der Waals surface area contributed by atoms with Gasteiger partial charge in [-0.1, -0.05) is 11.8 Å². The van der Waals surface area contributed by atoms with Gasteiger partial charge in [0.1, 0.15) is 12.2 Å². The molecule has 0 spiro atoms. The third kappa shape index (κ3) is 2.64. The summed E-state index contributed by atoms with van der Waals surface area (Å²) in [5, 5.41) is 8.45. The van der Waals surface area contributed by atoms with E-state index < -0.39 is 5.97 Å². The topological polar surface area (TPSA) is 63.6 Å². The summed E-state index contributed by atoms with van der Waals surface area (Å²) >= 11 is 0. The van der Waals surface area contributed by atoms with Crippen molar-refractivity contribution < 1.29 is 19.4 Å². The van der Waals surface area contributed by atoms with Crippen molar-refractivity contribution in [1.82, 2.24) is 0 Å². The molecular weight excluding hydrogens is 220 g/mol. The zero-order valence-electron chi connectivity index (χ0n) is 9.03. The molecule has 1 aromatic carbocycles. The number of rotatable bonds is 1. The van der Waals surface area contributed by atoms with Crippen molar-refractivity contribution in [1.29, 1.82) is 0 Å². The van der Waals surface area contributed by atoms with Crippen LogP contribution in [0.3, 0.4) is 0 Å². The summed E-state index contributed by atoms with van der Waals surface area (Å²) in [6.07, 6.45) is 0.202. The van der Waals surface area contributed by atoms with Gasteiger partial charge < -0.3 is 9.84 Å². The second-order valence-electron chi connectivity index (χ2n) is 3.60. The zero-order chi connectivity index (χ0) is 12.3. The first-order valence-electron chi connectivity index (χ1n) is 5.17. The lowest BCUT2D eigenvalue weighted by Gasteiger charge is -2.15. The van der Waals surface area contributed by atoms with Crippen LogP contribution in [-0.2, 0) is 4.79 Å². The minimum atomic E-state index is -0.957. The maximum absolute atomic E-state index is 11.5. The molecular formula is C13H10O4. The molecule has 0 aliphatic carbocycles. The minimum absolute atomic E-state index is 0.0660. The smallest absolute Gasteiger partial charge is 0.315 e. The lowest BCUT2D eigenvalue weighted by molar-refractivity contribution is -0.135. The van der Waals surface area contributed by atoms with Crippen molar-refractivity contribution in [2.24, 2.45) is 0 Å². The Kier molecular flexibility index (Phi) is 3.10. The molecule has 1 aromatic rings. The van der Waals surface area contributed by atoms with E-state index in [4.69, 9.17) is 9.84 Å². The van der Waals surface area contributed by atoms with E-state index in [-0.39, 0.29) is 12.2 Å². The molecule has 1 heterocycles. The average molecular weight is 230 g/mol. The summed E-state index contributed by atoms with van der Waals surface area (Å²) in [7, 11) is 0. The Hall–Kier alpha value is -2.28. The molecule has 4 nitrogen and oxygen atoms in total. The van der Waals surface area contributed by atoms with E-state index >= 15 is 0 Å². The number of fused-ring (bicyclic) bond motifs is 1. The van der Waals surface area contributed by atoms with Gasteiger partial charge in [0.25, 0.3) is 0 Å². The van der Waals surface area contributed by atoms with E-state index in [1.54, 1.807) is 18.2 Å². The molecule has 0 radical (unpaired) electrons. The molecule has 0 atom stereocenters. The van der Waals surface area contributed by atoms with Crippen LogP contribution in [0.4, 0.5) is 0 Å². The summed E-state index contributed by atoms with van der Waals surface area (Å²) in [5.41, 5.74) is 1.22. The summed E-state index contributed by atoms with van der Waals surface area (Å²) < 4.78 is 5.36. The SMILES string of the molecule is O=C(O)CC#Cc1ccc2c(c1)OCCC2=O. The van der Waals surface area contributed by atoms with E-state index in [2.05, 4.69) is 11.8 Å². The maximum atomic E-state index is 11.5. The van der Waals surface area contributed by atoms with Crippen molar-refractivity contribution in [3.05, 3.63) is 29.3 Å². The van der Waals surface area contributed by atoms with Gasteiger partial charge in [-0.15, -0.1) is 0 Å². The van der Waals surface area contributed by atoms with Gasteiger partial charge in [0.2, 0.25) is 0 Å². The van der Waals surface area contributed by atoms with Gasteiger partial charge in [0.05, 0.1) is 12.2 Å². The van der Waals surface area contributed by atoms with Gasteiger partial charge in [-0.3, -0.25) is 9.59 Å². The Labute approximate surface area is 98.2 Å². The van der Waals surface area contributed by atoms with Crippen LogP contribution < -0.4 is 4.74 Å². The number of benzene rings is 1. The molecule has 17 heavy (non-hydrogen) atoms. The van der Waals surface area contributed by atoms with Gasteiger partial charge in [0.15, 0.2) is 5.78 Å². The molecule has 86 valence electrons. The molecule has 2 rings (SSSR count). The summed E-state index contributed by atoms with van der Waals surface area (Å²) in [6.45, 7) is 0.387. The van der Waals surface area contributed by atoms with Gasteiger partial charge >= 0.3 is 5.97 Å². The number of carboxylic acid groups (broad SMARTS) is 1. The normalized spacial score (nSPS) is 13.1. The molecule has 0 bridgehead atoms. The van der Waals surface area contributed by atoms with Crippen LogP contribution in [0, 0.1) is 11.8 Å². The number of carboxylic acids is 1. The third-order valence-corrected chi connectivity index (χ3v) is 2.34. The Morgan fingerprint density at radius 2 is 2.29 bits per heavy atom. The summed E-state index contributed by atoms with van der Waals surface area (Å²) in [4.78, 5) is 21.8.